The van der Waals surface area contributed by atoms with Crippen LogP contribution < -0.4 is 0 Å². The molecule has 5 atom stereocenters. The quantitative estimate of drug-likeness (QED) is 0.554. The maximum absolute atomic E-state index is 7.03. The van der Waals surface area contributed by atoms with Crippen molar-refractivity contribution in [2.45, 2.75) is 96.2 Å². The zero-order valence-electron chi connectivity index (χ0n) is 19.4. The van der Waals surface area contributed by atoms with Gasteiger partial charge in [0, 0.05) is 19.4 Å². The van der Waals surface area contributed by atoms with E-state index >= 15 is 0 Å². The van der Waals surface area contributed by atoms with E-state index in [2.05, 4.69) is 67.3 Å². The summed E-state index contributed by atoms with van der Waals surface area (Å²) in [4.78, 5) is 0. The van der Waals surface area contributed by atoms with Crippen molar-refractivity contribution in [3.8, 4) is 0 Å². The Labute approximate surface area is 171 Å². The first-order valence-electron chi connectivity index (χ1n) is 10.4. The normalized spacial score (nSPS) is 34.0. The minimum atomic E-state index is -2.06. The second kappa shape index (κ2) is 6.48. The SMILES string of the molecule is C=C1O[C@@]2([C@H](C)c3oc(C)cc3C)C[C@]1(O[Si](C)(C)C(C)(C)C)[C@@H](OC)[C@@H]2C. The van der Waals surface area contributed by atoms with Gasteiger partial charge in [0.15, 0.2) is 8.32 Å². The fourth-order valence-corrected chi connectivity index (χ4v) is 6.65. The highest BCUT2D eigenvalue weighted by Gasteiger charge is 2.73. The molecule has 0 amide bonds. The van der Waals surface area contributed by atoms with Crippen LogP contribution in [0.5, 0.6) is 0 Å². The molecule has 1 saturated carbocycles. The van der Waals surface area contributed by atoms with Crippen LogP contribution in [0.4, 0.5) is 0 Å². The number of hydrogen-bond acceptors (Lipinski definition) is 4. The number of ether oxygens (including phenoxy) is 2. The number of hydrogen-bond donors (Lipinski definition) is 0. The first kappa shape index (κ1) is 21.7. The Hall–Kier alpha value is -1.04. The van der Waals surface area contributed by atoms with Gasteiger partial charge in [0.25, 0.3) is 0 Å². The predicted octanol–water partition coefficient (Wildman–Crippen LogP) is 6.10. The second-order valence-electron chi connectivity index (χ2n) is 10.5. The molecule has 1 aliphatic carbocycles. The first-order chi connectivity index (χ1) is 12.7. The fraction of sp³-hybridized carbons (Fsp3) is 0.739. The lowest BCUT2D eigenvalue weighted by Gasteiger charge is -2.47. The zero-order chi connectivity index (χ0) is 21.3. The summed E-state index contributed by atoms with van der Waals surface area (Å²) < 4.78 is 25.8. The molecule has 0 aromatic carbocycles. The van der Waals surface area contributed by atoms with E-state index in [1.54, 1.807) is 7.11 Å². The summed E-state index contributed by atoms with van der Waals surface area (Å²) >= 11 is 0. The number of aryl methyl sites for hydroxylation is 2. The third-order valence-corrected chi connectivity index (χ3v) is 12.2. The molecule has 1 aliphatic heterocycles. The molecule has 3 rings (SSSR count). The summed E-state index contributed by atoms with van der Waals surface area (Å²) in [5.41, 5.74) is 0.139. The van der Waals surface area contributed by atoms with Crippen LogP contribution in [0.3, 0.4) is 0 Å². The fourth-order valence-electron chi connectivity index (χ4n) is 5.14. The lowest BCUT2D eigenvalue weighted by Crippen LogP contribution is -2.56. The molecule has 0 unspecified atom stereocenters. The maximum Gasteiger partial charge on any atom is 0.193 e. The molecular weight excluding hydrogens is 368 g/mol. The minimum absolute atomic E-state index is 0.0815. The molecule has 2 fully saturated rings. The van der Waals surface area contributed by atoms with Gasteiger partial charge in [-0.25, -0.2) is 0 Å². The summed E-state index contributed by atoms with van der Waals surface area (Å²) in [6.45, 7) is 24.2. The molecule has 2 heterocycles. The molecule has 5 heteroatoms. The average Bonchev–Trinajstić information content (AvgIpc) is 3.11. The topological polar surface area (TPSA) is 40.8 Å². The van der Waals surface area contributed by atoms with Gasteiger partial charge < -0.3 is 18.3 Å². The summed E-state index contributed by atoms with van der Waals surface area (Å²) in [6, 6.07) is 2.10. The van der Waals surface area contributed by atoms with Gasteiger partial charge in [-0.15, -0.1) is 0 Å². The highest BCUT2D eigenvalue weighted by atomic mass is 28.4. The standard InChI is InChI=1S/C23H38O4Si/c1-14-12-15(2)25-19(14)16(3)22-13-23(18(5)26-22,20(24-9)17(22)4)27-28(10,11)21(6,7)8/h12,16-17,20H,5,13H2,1-4,6-11H3/t16-,17+,20+,22-,23-/m1/s1. The van der Waals surface area contributed by atoms with E-state index in [0.717, 1.165) is 23.7 Å². The number of methoxy groups -OCH3 is 1. The predicted molar refractivity (Wildman–Crippen MR) is 115 cm³/mol. The molecule has 4 nitrogen and oxygen atoms in total. The largest absolute Gasteiger partial charge is 0.488 e. The molecule has 1 aromatic rings. The van der Waals surface area contributed by atoms with Crippen LogP contribution in [-0.2, 0) is 13.9 Å². The number of fused-ring (bicyclic) bond motifs is 2. The van der Waals surface area contributed by atoms with Crippen LogP contribution in [-0.4, -0.2) is 32.7 Å². The van der Waals surface area contributed by atoms with E-state index in [4.69, 9.17) is 18.3 Å². The Morgan fingerprint density at radius 2 is 1.89 bits per heavy atom. The molecule has 28 heavy (non-hydrogen) atoms. The Balaban J connectivity index is 2.06. The van der Waals surface area contributed by atoms with Crippen molar-refractivity contribution >= 4 is 8.32 Å². The van der Waals surface area contributed by atoms with Crippen molar-refractivity contribution in [2.24, 2.45) is 5.92 Å². The molecule has 1 saturated heterocycles. The zero-order valence-corrected chi connectivity index (χ0v) is 20.4. The van der Waals surface area contributed by atoms with Gasteiger partial charge in [-0.1, -0.05) is 41.2 Å². The van der Waals surface area contributed by atoms with E-state index in [1.165, 1.54) is 5.56 Å². The van der Waals surface area contributed by atoms with Crippen molar-refractivity contribution < 1.29 is 18.3 Å². The highest BCUT2D eigenvalue weighted by molar-refractivity contribution is 6.74. The van der Waals surface area contributed by atoms with Crippen LogP contribution in [0.25, 0.3) is 0 Å². The Kier molecular flexibility index (Phi) is 5.01. The molecular formula is C23H38O4Si. The van der Waals surface area contributed by atoms with Crippen molar-refractivity contribution in [3.05, 3.63) is 35.5 Å². The smallest absolute Gasteiger partial charge is 0.193 e. The third kappa shape index (κ3) is 2.84. The van der Waals surface area contributed by atoms with Gasteiger partial charge in [0.2, 0.25) is 0 Å². The minimum Gasteiger partial charge on any atom is -0.488 e. The van der Waals surface area contributed by atoms with E-state index in [1.807, 2.05) is 6.92 Å². The van der Waals surface area contributed by atoms with Crippen molar-refractivity contribution in [1.82, 2.24) is 0 Å². The number of furan rings is 1. The van der Waals surface area contributed by atoms with Gasteiger partial charge >= 0.3 is 0 Å². The molecule has 0 spiro atoms. The highest BCUT2D eigenvalue weighted by Crippen LogP contribution is 2.64. The summed E-state index contributed by atoms with van der Waals surface area (Å²) in [5.74, 6) is 2.89. The molecule has 0 radical (unpaired) electrons. The Morgan fingerprint density at radius 1 is 1.29 bits per heavy atom. The monoisotopic (exact) mass is 406 g/mol. The first-order valence-corrected chi connectivity index (χ1v) is 13.3. The Morgan fingerprint density at radius 3 is 2.36 bits per heavy atom. The van der Waals surface area contributed by atoms with E-state index < -0.39 is 19.5 Å². The van der Waals surface area contributed by atoms with Crippen molar-refractivity contribution in [3.63, 3.8) is 0 Å². The Bertz CT molecular complexity index is 774. The molecule has 2 bridgehead atoms. The third-order valence-electron chi connectivity index (χ3n) is 7.71. The molecule has 158 valence electrons. The summed E-state index contributed by atoms with van der Waals surface area (Å²) in [7, 11) is -0.280. The lowest BCUT2D eigenvalue weighted by atomic mass is 9.78. The maximum atomic E-state index is 7.03. The number of rotatable bonds is 5. The van der Waals surface area contributed by atoms with E-state index in [-0.39, 0.29) is 23.0 Å². The van der Waals surface area contributed by atoms with Gasteiger partial charge in [0.05, 0.1) is 12.0 Å². The molecule has 2 aliphatic rings. The lowest BCUT2D eigenvalue weighted by molar-refractivity contribution is -0.130. The average molecular weight is 407 g/mol. The van der Waals surface area contributed by atoms with Crippen LogP contribution in [0.2, 0.25) is 18.1 Å². The van der Waals surface area contributed by atoms with Crippen LogP contribution in [0.15, 0.2) is 22.8 Å². The van der Waals surface area contributed by atoms with E-state index in [0.29, 0.717) is 0 Å². The van der Waals surface area contributed by atoms with Gasteiger partial charge in [-0.2, -0.15) is 0 Å². The van der Waals surface area contributed by atoms with Gasteiger partial charge in [-0.05, 0) is 43.6 Å². The van der Waals surface area contributed by atoms with Crippen LogP contribution in [0, 0.1) is 19.8 Å². The van der Waals surface area contributed by atoms with Crippen molar-refractivity contribution in [1.29, 1.82) is 0 Å². The van der Waals surface area contributed by atoms with Crippen LogP contribution in [0.1, 0.15) is 64.0 Å². The summed E-state index contributed by atoms with van der Waals surface area (Å²) in [6.07, 6.45) is 0.674. The van der Waals surface area contributed by atoms with Gasteiger partial charge in [0.1, 0.15) is 28.5 Å². The van der Waals surface area contributed by atoms with Crippen molar-refractivity contribution in [2.75, 3.05) is 7.11 Å². The molecule has 0 N–H and O–H groups in total. The van der Waals surface area contributed by atoms with Gasteiger partial charge in [-0.3, -0.25) is 0 Å². The second-order valence-corrected chi connectivity index (χ2v) is 15.2. The van der Waals surface area contributed by atoms with E-state index in [9.17, 15) is 0 Å². The molecule has 1 aromatic heterocycles. The summed E-state index contributed by atoms with van der Waals surface area (Å²) in [5, 5.41) is 0.0950. The van der Waals surface area contributed by atoms with Crippen LogP contribution >= 0.6 is 0 Å².